The molecule has 0 saturated carbocycles. The van der Waals surface area contributed by atoms with Crippen molar-refractivity contribution < 1.29 is 14.3 Å². The number of methoxy groups -OCH3 is 2. The van der Waals surface area contributed by atoms with Crippen molar-refractivity contribution in [2.75, 3.05) is 26.1 Å². The van der Waals surface area contributed by atoms with Crippen LogP contribution in [0.5, 0.6) is 11.5 Å². The number of nitrogens with zero attached hydrogens (tertiary/aromatic N) is 2. The van der Waals surface area contributed by atoms with E-state index in [0.29, 0.717) is 18.0 Å². The maximum Gasteiger partial charge on any atom is 0.322 e. The molecular weight excluding hydrogens is 378 g/mol. The first-order chi connectivity index (χ1) is 14.5. The SMILES string of the molecule is COc1ccc(C2c3cccn3CCN2C(=O)Nc2ccc(C)c(C)c2)cc1OC. The van der Waals surface area contributed by atoms with Gasteiger partial charge in [0.05, 0.1) is 20.3 Å². The Morgan fingerprint density at radius 3 is 2.50 bits per heavy atom. The van der Waals surface area contributed by atoms with Crippen molar-refractivity contribution in [3.05, 3.63) is 77.1 Å². The average molecular weight is 405 g/mol. The van der Waals surface area contributed by atoms with E-state index < -0.39 is 0 Å². The van der Waals surface area contributed by atoms with E-state index in [1.54, 1.807) is 14.2 Å². The molecule has 2 amide bonds. The Bertz CT molecular complexity index is 1070. The third-order valence-electron chi connectivity index (χ3n) is 5.78. The first-order valence-electron chi connectivity index (χ1n) is 10.0. The number of carbonyl (C=O) groups is 1. The molecule has 0 saturated heterocycles. The van der Waals surface area contributed by atoms with E-state index in [4.69, 9.17) is 9.47 Å². The number of aryl methyl sites for hydroxylation is 2. The van der Waals surface area contributed by atoms with E-state index >= 15 is 0 Å². The van der Waals surface area contributed by atoms with Gasteiger partial charge in [0.25, 0.3) is 0 Å². The normalized spacial score (nSPS) is 15.5. The van der Waals surface area contributed by atoms with Gasteiger partial charge in [-0.3, -0.25) is 0 Å². The van der Waals surface area contributed by atoms with Gasteiger partial charge < -0.3 is 24.3 Å². The lowest BCUT2D eigenvalue weighted by atomic mass is 9.99. The van der Waals surface area contributed by atoms with E-state index in [1.807, 2.05) is 54.3 Å². The van der Waals surface area contributed by atoms with Gasteiger partial charge in [0.2, 0.25) is 0 Å². The summed E-state index contributed by atoms with van der Waals surface area (Å²) in [5.41, 5.74) is 5.20. The van der Waals surface area contributed by atoms with E-state index in [9.17, 15) is 4.79 Å². The summed E-state index contributed by atoms with van der Waals surface area (Å²) < 4.78 is 13.1. The number of hydrogen-bond acceptors (Lipinski definition) is 3. The molecule has 2 aromatic carbocycles. The zero-order chi connectivity index (χ0) is 21.3. The summed E-state index contributed by atoms with van der Waals surface area (Å²) in [5.74, 6) is 1.31. The molecule has 6 nitrogen and oxygen atoms in total. The van der Waals surface area contributed by atoms with Crippen molar-refractivity contribution in [3.63, 3.8) is 0 Å². The van der Waals surface area contributed by atoms with Crippen LogP contribution < -0.4 is 14.8 Å². The third-order valence-corrected chi connectivity index (χ3v) is 5.78. The molecular formula is C24H27N3O3. The second kappa shape index (κ2) is 8.14. The highest BCUT2D eigenvalue weighted by molar-refractivity contribution is 5.90. The van der Waals surface area contributed by atoms with Gasteiger partial charge in [0.15, 0.2) is 11.5 Å². The fraction of sp³-hybridized carbons (Fsp3) is 0.292. The van der Waals surface area contributed by atoms with Crippen LogP contribution in [0.15, 0.2) is 54.7 Å². The summed E-state index contributed by atoms with van der Waals surface area (Å²) in [4.78, 5) is 15.2. The number of aromatic nitrogens is 1. The summed E-state index contributed by atoms with van der Waals surface area (Å²) >= 11 is 0. The van der Waals surface area contributed by atoms with Crippen molar-refractivity contribution >= 4 is 11.7 Å². The molecule has 0 fully saturated rings. The van der Waals surface area contributed by atoms with Crippen LogP contribution in [0.3, 0.4) is 0 Å². The average Bonchev–Trinajstić information content (AvgIpc) is 3.24. The van der Waals surface area contributed by atoms with Crippen LogP contribution in [0.1, 0.15) is 28.4 Å². The summed E-state index contributed by atoms with van der Waals surface area (Å²) in [6.45, 7) is 5.47. The van der Waals surface area contributed by atoms with Crippen molar-refractivity contribution in [2.45, 2.75) is 26.4 Å². The zero-order valence-corrected chi connectivity index (χ0v) is 17.8. The number of nitrogens with one attached hydrogen (secondary N) is 1. The molecule has 2 heterocycles. The monoisotopic (exact) mass is 405 g/mol. The number of anilines is 1. The highest BCUT2D eigenvalue weighted by Crippen LogP contribution is 2.37. The van der Waals surface area contributed by atoms with Gasteiger partial charge in [-0.15, -0.1) is 0 Å². The van der Waals surface area contributed by atoms with Crippen molar-refractivity contribution in [1.29, 1.82) is 0 Å². The number of urea groups is 1. The molecule has 1 aliphatic rings. The largest absolute Gasteiger partial charge is 0.493 e. The van der Waals surface area contributed by atoms with Gasteiger partial charge in [-0.05, 0) is 66.9 Å². The van der Waals surface area contributed by atoms with Crippen LogP contribution in [-0.4, -0.2) is 36.3 Å². The second-order valence-electron chi connectivity index (χ2n) is 7.57. The summed E-state index contributed by atoms with van der Waals surface area (Å²) in [6, 6.07) is 15.5. The number of fused-ring (bicyclic) bond motifs is 1. The quantitative estimate of drug-likeness (QED) is 0.681. The number of carbonyl (C=O) groups excluding carboxylic acids is 1. The number of hydrogen-bond donors (Lipinski definition) is 1. The Morgan fingerprint density at radius 2 is 1.77 bits per heavy atom. The highest BCUT2D eigenvalue weighted by atomic mass is 16.5. The van der Waals surface area contributed by atoms with E-state index in [2.05, 4.69) is 29.1 Å². The van der Waals surface area contributed by atoms with Gasteiger partial charge in [-0.2, -0.15) is 0 Å². The molecule has 0 radical (unpaired) electrons. The molecule has 1 aliphatic heterocycles. The molecule has 1 atom stereocenters. The first kappa shape index (κ1) is 19.9. The standard InChI is InChI=1S/C24H27N3O3/c1-16-7-9-19(14-17(16)2)25-24(28)27-13-12-26-11-5-6-20(26)23(27)18-8-10-21(29-3)22(15-18)30-4/h5-11,14-15,23H,12-13H2,1-4H3,(H,25,28). The van der Waals surface area contributed by atoms with Crippen molar-refractivity contribution in [1.82, 2.24) is 9.47 Å². The number of rotatable bonds is 4. The van der Waals surface area contributed by atoms with Crippen LogP contribution in [0.2, 0.25) is 0 Å². The van der Waals surface area contributed by atoms with Gasteiger partial charge in [0, 0.05) is 30.7 Å². The van der Waals surface area contributed by atoms with Crippen molar-refractivity contribution in [2.24, 2.45) is 0 Å². The van der Waals surface area contributed by atoms with Crippen LogP contribution in [-0.2, 0) is 6.54 Å². The molecule has 1 unspecified atom stereocenters. The summed E-state index contributed by atoms with van der Waals surface area (Å²) in [5, 5.41) is 3.08. The molecule has 0 aliphatic carbocycles. The number of benzene rings is 2. The third kappa shape index (κ3) is 3.61. The molecule has 0 spiro atoms. The predicted octanol–water partition coefficient (Wildman–Crippen LogP) is 4.76. The molecule has 156 valence electrons. The van der Waals surface area contributed by atoms with Gasteiger partial charge in [0.1, 0.15) is 0 Å². The van der Waals surface area contributed by atoms with Crippen LogP contribution in [0.4, 0.5) is 10.5 Å². The molecule has 0 bridgehead atoms. The Balaban J connectivity index is 1.69. The minimum absolute atomic E-state index is 0.120. The lowest BCUT2D eigenvalue weighted by molar-refractivity contribution is 0.181. The molecule has 6 heteroatoms. The minimum Gasteiger partial charge on any atom is -0.493 e. The molecule has 30 heavy (non-hydrogen) atoms. The fourth-order valence-electron chi connectivity index (χ4n) is 3.99. The Hall–Kier alpha value is -3.41. The molecule has 3 aromatic rings. The van der Waals surface area contributed by atoms with Gasteiger partial charge >= 0.3 is 6.03 Å². The smallest absolute Gasteiger partial charge is 0.322 e. The van der Waals surface area contributed by atoms with Crippen LogP contribution >= 0.6 is 0 Å². The lowest BCUT2D eigenvalue weighted by Gasteiger charge is -2.37. The first-order valence-corrected chi connectivity index (χ1v) is 10.0. The Morgan fingerprint density at radius 1 is 0.967 bits per heavy atom. The van der Waals surface area contributed by atoms with Crippen LogP contribution in [0.25, 0.3) is 0 Å². The maximum absolute atomic E-state index is 13.3. The Kier molecular flexibility index (Phi) is 5.40. The summed E-state index contributed by atoms with van der Waals surface area (Å²) in [7, 11) is 3.24. The van der Waals surface area contributed by atoms with Crippen molar-refractivity contribution in [3.8, 4) is 11.5 Å². The van der Waals surface area contributed by atoms with Gasteiger partial charge in [-0.25, -0.2) is 4.79 Å². The second-order valence-corrected chi connectivity index (χ2v) is 7.57. The van der Waals surface area contributed by atoms with E-state index in [0.717, 1.165) is 29.1 Å². The predicted molar refractivity (Wildman–Crippen MR) is 117 cm³/mol. The zero-order valence-electron chi connectivity index (χ0n) is 17.8. The lowest BCUT2D eigenvalue weighted by Crippen LogP contribution is -2.44. The molecule has 1 aromatic heterocycles. The molecule has 1 N–H and O–H groups in total. The Labute approximate surface area is 177 Å². The van der Waals surface area contributed by atoms with E-state index in [-0.39, 0.29) is 12.1 Å². The summed E-state index contributed by atoms with van der Waals surface area (Å²) in [6.07, 6.45) is 2.06. The van der Waals surface area contributed by atoms with Gasteiger partial charge in [-0.1, -0.05) is 12.1 Å². The number of amides is 2. The highest BCUT2D eigenvalue weighted by Gasteiger charge is 2.32. The van der Waals surface area contributed by atoms with Crippen LogP contribution in [0, 0.1) is 13.8 Å². The topological polar surface area (TPSA) is 55.7 Å². The van der Waals surface area contributed by atoms with E-state index in [1.165, 1.54) is 5.56 Å². The number of ether oxygens (including phenoxy) is 2. The molecule has 4 rings (SSSR count). The maximum atomic E-state index is 13.3. The minimum atomic E-state index is -0.222. The fourth-order valence-corrected chi connectivity index (χ4v) is 3.99.